The quantitative estimate of drug-likeness (QED) is 0.570. The third-order valence-electron chi connectivity index (χ3n) is 4.00. The molecule has 84 valence electrons. The largest absolute Gasteiger partial charge is 0.349 e. The van der Waals surface area contributed by atoms with Crippen LogP contribution < -0.4 is 0 Å². The summed E-state index contributed by atoms with van der Waals surface area (Å²) in [4.78, 5) is 0. The minimum absolute atomic E-state index is 0.193. The molecule has 2 aliphatic carbocycles. The SMILES string of the molecule is CC1(C)COC2(C[C@@H]3CC=C[C@H]3C2)OC1. The van der Waals surface area contributed by atoms with E-state index < -0.39 is 0 Å². The molecule has 2 atom stereocenters. The molecule has 3 aliphatic rings. The molecule has 1 saturated heterocycles. The highest BCUT2D eigenvalue weighted by Gasteiger charge is 2.50. The van der Waals surface area contributed by atoms with Crippen molar-refractivity contribution in [2.24, 2.45) is 17.3 Å². The summed E-state index contributed by atoms with van der Waals surface area (Å²) in [6.45, 7) is 6.09. The highest BCUT2D eigenvalue weighted by molar-refractivity contribution is 5.08. The Kier molecular flexibility index (Phi) is 2.02. The van der Waals surface area contributed by atoms with Crippen molar-refractivity contribution in [2.75, 3.05) is 13.2 Å². The zero-order valence-electron chi connectivity index (χ0n) is 9.66. The van der Waals surface area contributed by atoms with Gasteiger partial charge in [-0.15, -0.1) is 0 Å². The van der Waals surface area contributed by atoms with Crippen molar-refractivity contribution >= 4 is 0 Å². The van der Waals surface area contributed by atoms with Gasteiger partial charge in [-0.3, -0.25) is 0 Å². The van der Waals surface area contributed by atoms with E-state index in [-0.39, 0.29) is 11.2 Å². The molecule has 0 bridgehead atoms. The van der Waals surface area contributed by atoms with Crippen molar-refractivity contribution < 1.29 is 9.47 Å². The number of hydrogen-bond acceptors (Lipinski definition) is 2. The number of fused-ring (bicyclic) bond motifs is 1. The highest BCUT2D eigenvalue weighted by atomic mass is 16.7. The van der Waals surface area contributed by atoms with Crippen molar-refractivity contribution in [1.82, 2.24) is 0 Å². The van der Waals surface area contributed by atoms with Crippen LogP contribution in [0.1, 0.15) is 33.1 Å². The Labute approximate surface area is 91.6 Å². The van der Waals surface area contributed by atoms with Crippen LogP contribution >= 0.6 is 0 Å². The maximum Gasteiger partial charge on any atom is 0.169 e. The molecule has 1 spiro atoms. The first-order chi connectivity index (χ1) is 7.09. The van der Waals surface area contributed by atoms with Gasteiger partial charge in [-0.25, -0.2) is 0 Å². The fourth-order valence-electron chi connectivity index (χ4n) is 3.04. The van der Waals surface area contributed by atoms with E-state index in [0.717, 1.165) is 32.0 Å². The third kappa shape index (κ3) is 1.64. The van der Waals surface area contributed by atoms with Crippen molar-refractivity contribution in [2.45, 2.75) is 38.9 Å². The number of rotatable bonds is 0. The van der Waals surface area contributed by atoms with Gasteiger partial charge in [0.15, 0.2) is 5.79 Å². The van der Waals surface area contributed by atoms with Crippen LogP contribution in [0.25, 0.3) is 0 Å². The monoisotopic (exact) mass is 208 g/mol. The predicted octanol–water partition coefficient (Wildman–Crippen LogP) is 2.74. The van der Waals surface area contributed by atoms with Crippen molar-refractivity contribution in [3.05, 3.63) is 12.2 Å². The fourth-order valence-corrected chi connectivity index (χ4v) is 3.04. The number of hydrogen-bond donors (Lipinski definition) is 0. The Bertz CT molecular complexity index is 283. The van der Waals surface area contributed by atoms with E-state index in [1.54, 1.807) is 0 Å². The molecular weight excluding hydrogens is 188 g/mol. The summed E-state index contributed by atoms with van der Waals surface area (Å²) >= 11 is 0. The summed E-state index contributed by atoms with van der Waals surface area (Å²) in [5.41, 5.74) is 0.193. The van der Waals surface area contributed by atoms with Crippen LogP contribution in [0.4, 0.5) is 0 Å². The zero-order chi connectivity index (χ0) is 10.5. The van der Waals surface area contributed by atoms with Gasteiger partial charge in [0, 0.05) is 18.3 Å². The first kappa shape index (κ1) is 9.86. The normalized spacial score (nSPS) is 40.9. The maximum absolute atomic E-state index is 6.02. The topological polar surface area (TPSA) is 18.5 Å². The molecule has 2 heteroatoms. The summed E-state index contributed by atoms with van der Waals surface area (Å²) in [7, 11) is 0. The van der Waals surface area contributed by atoms with Gasteiger partial charge >= 0.3 is 0 Å². The molecule has 1 aliphatic heterocycles. The molecule has 0 N–H and O–H groups in total. The summed E-state index contributed by atoms with van der Waals surface area (Å²) in [5.74, 6) is 1.27. The van der Waals surface area contributed by atoms with Crippen LogP contribution in [-0.4, -0.2) is 19.0 Å². The second kappa shape index (κ2) is 3.08. The molecule has 0 aromatic heterocycles. The zero-order valence-corrected chi connectivity index (χ0v) is 9.66. The third-order valence-corrected chi connectivity index (χ3v) is 4.00. The van der Waals surface area contributed by atoms with Gasteiger partial charge in [0.05, 0.1) is 13.2 Å². The molecule has 1 heterocycles. The van der Waals surface area contributed by atoms with Gasteiger partial charge in [0.2, 0.25) is 0 Å². The lowest BCUT2D eigenvalue weighted by atomic mass is 9.94. The first-order valence-corrected chi connectivity index (χ1v) is 6.03. The molecule has 1 saturated carbocycles. The van der Waals surface area contributed by atoms with Crippen molar-refractivity contribution in [3.8, 4) is 0 Å². The lowest BCUT2D eigenvalue weighted by Crippen LogP contribution is -2.46. The van der Waals surface area contributed by atoms with Gasteiger partial charge < -0.3 is 9.47 Å². The van der Waals surface area contributed by atoms with Gasteiger partial charge in [-0.2, -0.15) is 0 Å². The average molecular weight is 208 g/mol. The Hall–Kier alpha value is -0.340. The van der Waals surface area contributed by atoms with Crippen molar-refractivity contribution in [3.63, 3.8) is 0 Å². The lowest BCUT2D eigenvalue weighted by Gasteiger charge is -2.41. The average Bonchev–Trinajstić information content (AvgIpc) is 2.69. The molecule has 2 nitrogen and oxygen atoms in total. The molecule has 0 amide bonds. The number of allylic oxidation sites excluding steroid dienone is 2. The standard InChI is InChI=1S/C13H20O2/c1-12(2)8-14-13(15-9-12)6-10-4-3-5-11(10)7-13/h3-4,10-11H,5-9H2,1-2H3/t10-,11-/m0/s1. The Morgan fingerprint density at radius 2 is 1.87 bits per heavy atom. The van der Waals surface area contributed by atoms with E-state index in [1.165, 1.54) is 6.42 Å². The van der Waals surface area contributed by atoms with Crippen LogP contribution in [0.3, 0.4) is 0 Å². The highest BCUT2D eigenvalue weighted by Crippen LogP contribution is 2.50. The van der Waals surface area contributed by atoms with Crippen LogP contribution in [0.2, 0.25) is 0 Å². The molecule has 0 unspecified atom stereocenters. The molecular formula is C13H20O2. The van der Waals surface area contributed by atoms with E-state index in [2.05, 4.69) is 26.0 Å². The molecule has 3 rings (SSSR count). The van der Waals surface area contributed by atoms with Gasteiger partial charge in [0.1, 0.15) is 0 Å². The van der Waals surface area contributed by atoms with E-state index in [9.17, 15) is 0 Å². The van der Waals surface area contributed by atoms with Gasteiger partial charge in [-0.1, -0.05) is 26.0 Å². The summed E-state index contributed by atoms with van der Waals surface area (Å²) in [6, 6.07) is 0. The van der Waals surface area contributed by atoms with Crippen LogP contribution in [0, 0.1) is 17.3 Å². The Morgan fingerprint density at radius 1 is 1.13 bits per heavy atom. The summed E-state index contributed by atoms with van der Waals surface area (Å²) < 4.78 is 12.0. The van der Waals surface area contributed by atoms with Crippen molar-refractivity contribution in [1.29, 1.82) is 0 Å². The lowest BCUT2D eigenvalue weighted by molar-refractivity contribution is -0.296. The van der Waals surface area contributed by atoms with Crippen LogP contribution in [0.5, 0.6) is 0 Å². The second-order valence-corrected chi connectivity index (χ2v) is 6.15. The van der Waals surface area contributed by atoms with E-state index in [4.69, 9.17) is 9.47 Å². The smallest absolute Gasteiger partial charge is 0.169 e. The molecule has 0 aromatic rings. The first-order valence-electron chi connectivity index (χ1n) is 6.03. The van der Waals surface area contributed by atoms with Crippen LogP contribution in [0.15, 0.2) is 12.2 Å². The van der Waals surface area contributed by atoms with Gasteiger partial charge in [0.25, 0.3) is 0 Å². The molecule has 0 aromatic carbocycles. The molecule has 0 radical (unpaired) electrons. The Morgan fingerprint density at radius 3 is 2.53 bits per heavy atom. The maximum atomic E-state index is 6.02. The summed E-state index contributed by atoms with van der Waals surface area (Å²) in [5, 5.41) is 0. The van der Waals surface area contributed by atoms with E-state index in [0.29, 0.717) is 5.92 Å². The van der Waals surface area contributed by atoms with E-state index >= 15 is 0 Å². The second-order valence-electron chi connectivity index (χ2n) is 6.15. The predicted molar refractivity (Wildman–Crippen MR) is 58.4 cm³/mol. The summed E-state index contributed by atoms with van der Waals surface area (Å²) in [6.07, 6.45) is 8.06. The van der Waals surface area contributed by atoms with Gasteiger partial charge in [-0.05, 0) is 18.3 Å². The van der Waals surface area contributed by atoms with E-state index in [1.807, 2.05) is 0 Å². The molecule has 15 heavy (non-hydrogen) atoms. The van der Waals surface area contributed by atoms with Crippen LogP contribution in [-0.2, 0) is 9.47 Å². The number of ether oxygens (including phenoxy) is 2. The molecule has 2 fully saturated rings. The fraction of sp³-hybridized carbons (Fsp3) is 0.846. The minimum atomic E-state index is -0.227. The minimum Gasteiger partial charge on any atom is -0.349 e. The Balaban J connectivity index is 1.71.